The van der Waals surface area contributed by atoms with Gasteiger partial charge in [-0.25, -0.2) is 9.97 Å². The van der Waals surface area contributed by atoms with Crippen LogP contribution in [0.3, 0.4) is 0 Å². The van der Waals surface area contributed by atoms with Gasteiger partial charge in [-0.1, -0.05) is 182 Å². The molecule has 0 aliphatic heterocycles. The van der Waals surface area contributed by atoms with E-state index in [1.807, 2.05) is 0 Å². The van der Waals surface area contributed by atoms with E-state index >= 15 is 0 Å². The van der Waals surface area contributed by atoms with Crippen LogP contribution in [-0.2, 0) is 0 Å². The van der Waals surface area contributed by atoms with Gasteiger partial charge in [0.05, 0.1) is 11.4 Å². The molecular weight excluding hydrogens is 653 g/mol. The highest BCUT2D eigenvalue weighted by molar-refractivity contribution is 6.04. The van der Waals surface area contributed by atoms with Crippen molar-refractivity contribution < 1.29 is 0 Å². The van der Waals surface area contributed by atoms with Gasteiger partial charge in [-0.15, -0.1) is 0 Å². The van der Waals surface area contributed by atoms with Crippen molar-refractivity contribution in [3.8, 4) is 67.3 Å². The zero-order chi connectivity index (χ0) is 35.8. The number of fused-ring (bicyclic) bond motifs is 3. The summed E-state index contributed by atoms with van der Waals surface area (Å²) in [4.78, 5) is 10.6. The zero-order valence-electron chi connectivity index (χ0n) is 29.5. The van der Waals surface area contributed by atoms with E-state index in [2.05, 4.69) is 206 Å². The van der Waals surface area contributed by atoms with Crippen molar-refractivity contribution in [3.63, 3.8) is 0 Å². The summed E-state index contributed by atoms with van der Waals surface area (Å²) in [5.41, 5.74) is 12.1. The number of nitrogens with zero attached hydrogens (tertiary/aromatic N) is 2. The quantitative estimate of drug-likeness (QED) is 0.174. The van der Waals surface area contributed by atoms with Crippen molar-refractivity contribution in [2.45, 2.75) is 0 Å². The van der Waals surface area contributed by atoms with Gasteiger partial charge < -0.3 is 0 Å². The fourth-order valence-corrected chi connectivity index (χ4v) is 7.78. The number of rotatable bonds is 6. The molecule has 9 aromatic carbocycles. The van der Waals surface area contributed by atoms with Gasteiger partial charge in [-0.05, 0) is 90.0 Å². The molecule has 2 nitrogen and oxygen atoms in total. The van der Waals surface area contributed by atoms with E-state index in [1.54, 1.807) is 0 Å². The van der Waals surface area contributed by atoms with E-state index in [9.17, 15) is 0 Å². The summed E-state index contributed by atoms with van der Waals surface area (Å²) in [6, 6.07) is 73.5. The lowest BCUT2D eigenvalue weighted by atomic mass is 9.94. The predicted octanol–water partition coefficient (Wildman–Crippen LogP) is 13.9. The number of hydrogen-bond acceptors (Lipinski definition) is 2. The van der Waals surface area contributed by atoms with Crippen LogP contribution in [0.25, 0.3) is 99.6 Å². The fourth-order valence-electron chi connectivity index (χ4n) is 7.78. The summed E-state index contributed by atoms with van der Waals surface area (Å²) in [6.07, 6.45) is 0. The van der Waals surface area contributed by atoms with E-state index in [-0.39, 0.29) is 0 Å². The maximum absolute atomic E-state index is 5.33. The van der Waals surface area contributed by atoms with Crippen LogP contribution in [0.15, 0.2) is 206 Å². The highest BCUT2D eigenvalue weighted by Crippen LogP contribution is 2.38. The smallest absolute Gasteiger partial charge is 0.160 e. The Balaban J connectivity index is 1.13. The predicted molar refractivity (Wildman–Crippen MR) is 227 cm³/mol. The minimum absolute atomic E-state index is 0.698. The van der Waals surface area contributed by atoms with E-state index < -0.39 is 0 Å². The molecule has 0 aliphatic rings. The molecule has 0 spiro atoms. The average Bonchev–Trinajstić information content (AvgIpc) is 3.26. The summed E-state index contributed by atoms with van der Waals surface area (Å²) in [5, 5.41) is 7.19. The summed E-state index contributed by atoms with van der Waals surface area (Å²) in [7, 11) is 0. The Bertz CT molecular complexity index is 2980. The van der Waals surface area contributed by atoms with Gasteiger partial charge in [-0.3, -0.25) is 0 Å². The Kier molecular flexibility index (Phi) is 7.85. The van der Waals surface area contributed by atoms with Gasteiger partial charge in [0.25, 0.3) is 0 Å². The molecular formula is C52H34N2. The van der Waals surface area contributed by atoms with Crippen LogP contribution in [0.5, 0.6) is 0 Å². The second kappa shape index (κ2) is 13.4. The summed E-state index contributed by atoms with van der Waals surface area (Å²) < 4.78 is 0. The Morgan fingerprint density at radius 2 is 0.759 bits per heavy atom. The molecule has 0 amide bonds. The third-order valence-electron chi connectivity index (χ3n) is 10.5. The van der Waals surface area contributed by atoms with Crippen LogP contribution in [-0.4, -0.2) is 9.97 Å². The van der Waals surface area contributed by atoms with E-state index in [1.165, 1.54) is 49.4 Å². The lowest BCUT2D eigenvalue weighted by Crippen LogP contribution is -1.97. The molecule has 0 N–H and O–H groups in total. The van der Waals surface area contributed by atoms with Crippen molar-refractivity contribution in [1.82, 2.24) is 9.97 Å². The molecule has 10 rings (SSSR count). The SMILES string of the molecule is c1ccc(-c2cccc(-c3cc(-c4cccc5c(-c6ccccc6)cccc45)nc(-c4ccc5cc(-c6cccc7ccccc67)ccc5c4)n3)c2)cc1. The lowest BCUT2D eigenvalue weighted by molar-refractivity contribution is 1.19. The first-order valence-electron chi connectivity index (χ1n) is 18.4. The number of benzene rings is 9. The highest BCUT2D eigenvalue weighted by Gasteiger charge is 2.15. The standard InChI is InChI=1S/C52H34N2/c1-3-13-35(14-4-1)38-19-9-20-42(32-38)50-34-51(49-26-12-24-47-45(23-11-25-48(47)49)36-15-5-2-6-16-36)54-52(53-50)43-30-28-39-31-41(29-27-40(39)33-43)46-22-10-18-37-17-7-8-21-44(37)46/h1-34H. The molecule has 0 bridgehead atoms. The molecule has 1 heterocycles. The number of aromatic nitrogens is 2. The Labute approximate surface area is 314 Å². The van der Waals surface area contributed by atoms with Gasteiger partial charge >= 0.3 is 0 Å². The minimum atomic E-state index is 0.698. The molecule has 2 heteroatoms. The lowest BCUT2D eigenvalue weighted by Gasteiger charge is -2.14. The van der Waals surface area contributed by atoms with Gasteiger partial charge in [0.1, 0.15) is 0 Å². The molecule has 10 aromatic rings. The number of hydrogen-bond donors (Lipinski definition) is 0. The Hall–Kier alpha value is -7.16. The molecule has 0 fully saturated rings. The van der Waals surface area contributed by atoms with Crippen molar-refractivity contribution >= 4 is 32.3 Å². The van der Waals surface area contributed by atoms with Gasteiger partial charge in [0.2, 0.25) is 0 Å². The van der Waals surface area contributed by atoms with Crippen molar-refractivity contribution in [1.29, 1.82) is 0 Å². The topological polar surface area (TPSA) is 25.8 Å². The molecule has 0 radical (unpaired) electrons. The molecule has 0 unspecified atom stereocenters. The normalized spacial score (nSPS) is 11.3. The third-order valence-corrected chi connectivity index (χ3v) is 10.5. The monoisotopic (exact) mass is 686 g/mol. The van der Waals surface area contributed by atoms with Crippen molar-refractivity contribution in [3.05, 3.63) is 206 Å². The van der Waals surface area contributed by atoms with E-state index in [0.29, 0.717) is 5.82 Å². The van der Waals surface area contributed by atoms with Gasteiger partial charge in [0.15, 0.2) is 5.82 Å². The molecule has 0 aliphatic carbocycles. The highest BCUT2D eigenvalue weighted by atomic mass is 14.9. The Morgan fingerprint density at radius 1 is 0.241 bits per heavy atom. The van der Waals surface area contributed by atoms with Crippen molar-refractivity contribution in [2.75, 3.05) is 0 Å². The second-order valence-electron chi connectivity index (χ2n) is 13.8. The van der Waals surface area contributed by atoms with Crippen LogP contribution in [0.1, 0.15) is 0 Å². The summed E-state index contributed by atoms with van der Waals surface area (Å²) in [5.74, 6) is 0.698. The molecule has 54 heavy (non-hydrogen) atoms. The van der Waals surface area contributed by atoms with Crippen LogP contribution < -0.4 is 0 Å². The van der Waals surface area contributed by atoms with Crippen LogP contribution in [0.2, 0.25) is 0 Å². The van der Waals surface area contributed by atoms with E-state index in [4.69, 9.17) is 9.97 Å². The first-order valence-corrected chi connectivity index (χ1v) is 18.4. The largest absolute Gasteiger partial charge is 0.228 e. The zero-order valence-corrected chi connectivity index (χ0v) is 29.5. The first kappa shape index (κ1) is 31.6. The third kappa shape index (κ3) is 5.81. The Morgan fingerprint density at radius 3 is 1.56 bits per heavy atom. The minimum Gasteiger partial charge on any atom is -0.228 e. The molecule has 1 aromatic heterocycles. The molecule has 252 valence electrons. The molecule has 0 saturated carbocycles. The van der Waals surface area contributed by atoms with Crippen molar-refractivity contribution in [2.24, 2.45) is 0 Å². The van der Waals surface area contributed by atoms with Crippen LogP contribution in [0.4, 0.5) is 0 Å². The molecule has 0 saturated heterocycles. The second-order valence-corrected chi connectivity index (χ2v) is 13.8. The fraction of sp³-hybridized carbons (Fsp3) is 0. The average molecular weight is 687 g/mol. The summed E-state index contributed by atoms with van der Waals surface area (Å²) >= 11 is 0. The van der Waals surface area contributed by atoms with Gasteiger partial charge in [-0.2, -0.15) is 0 Å². The maximum Gasteiger partial charge on any atom is 0.160 e. The summed E-state index contributed by atoms with van der Waals surface area (Å²) in [6.45, 7) is 0. The van der Waals surface area contributed by atoms with Crippen LogP contribution in [0, 0.1) is 0 Å². The maximum atomic E-state index is 5.33. The first-order chi connectivity index (χ1) is 26.7. The molecule has 0 atom stereocenters. The van der Waals surface area contributed by atoms with E-state index in [0.717, 1.165) is 44.4 Å². The van der Waals surface area contributed by atoms with Gasteiger partial charge in [0, 0.05) is 16.7 Å². The van der Waals surface area contributed by atoms with Crippen LogP contribution >= 0.6 is 0 Å².